The summed E-state index contributed by atoms with van der Waals surface area (Å²) < 4.78 is 50.7. The molecule has 1 unspecified atom stereocenters. The molecule has 2 aromatic carbocycles. The second kappa shape index (κ2) is 10.1. The molecule has 33 heavy (non-hydrogen) atoms. The first kappa shape index (κ1) is 24.4. The van der Waals surface area contributed by atoms with E-state index in [1.807, 2.05) is 38.1 Å². The van der Waals surface area contributed by atoms with E-state index in [0.29, 0.717) is 17.1 Å². The lowest BCUT2D eigenvalue weighted by Gasteiger charge is -2.19. The number of allylic oxidation sites excluding steroid dienone is 2. The van der Waals surface area contributed by atoms with E-state index in [0.717, 1.165) is 0 Å². The number of nitrogens with zero attached hydrogens (tertiary/aromatic N) is 1. The van der Waals surface area contributed by atoms with Crippen LogP contribution < -0.4 is 4.74 Å². The largest absolute Gasteiger partial charge is 0.457 e. The zero-order valence-corrected chi connectivity index (χ0v) is 18.5. The molecule has 0 bridgehead atoms. The number of carbonyl (C=O) groups excluding carboxylic acids is 1. The smallest absolute Gasteiger partial charge is 0.311 e. The molecule has 7 heteroatoms. The second-order valence-electron chi connectivity index (χ2n) is 8.88. The zero-order chi connectivity index (χ0) is 24.1. The van der Waals surface area contributed by atoms with Crippen LogP contribution in [-0.4, -0.2) is 26.0 Å². The van der Waals surface area contributed by atoms with Crippen molar-refractivity contribution in [3.05, 3.63) is 72.3 Å². The maximum Gasteiger partial charge on any atom is 0.311 e. The summed E-state index contributed by atoms with van der Waals surface area (Å²) >= 11 is 0. The average molecular weight is 457 g/mol. The first-order valence-electron chi connectivity index (χ1n) is 10.6. The summed E-state index contributed by atoms with van der Waals surface area (Å²) in [5.74, 6) is -0.462. The minimum absolute atomic E-state index is 0.374. The second-order valence-corrected chi connectivity index (χ2v) is 8.88. The number of carbonyl (C=O) groups is 1. The number of para-hydroxylation sites is 1. The van der Waals surface area contributed by atoms with Crippen LogP contribution in [-0.2, 0) is 9.53 Å². The van der Waals surface area contributed by atoms with Crippen LogP contribution in [0.4, 0.5) is 13.2 Å². The van der Waals surface area contributed by atoms with Crippen LogP contribution in [0.3, 0.4) is 0 Å². The van der Waals surface area contributed by atoms with Crippen molar-refractivity contribution in [3.8, 4) is 17.6 Å². The summed E-state index contributed by atoms with van der Waals surface area (Å²) in [6.07, 6.45) is 1.51. The van der Waals surface area contributed by atoms with Crippen molar-refractivity contribution in [1.82, 2.24) is 0 Å². The fourth-order valence-electron chi connectivity index (χ4n) is 3.76. The number of halogens is 3. The number of benzene rings is 2. The fraction of sp³-hybridized carbons (Fsp3) is 0.385. The predicted molar refractivity (Wildman–Crippen MR) is 118 cm³/mol. The van der Waals surface area contributed by atoms with Gasteiger partial charge in [-0.05, 0) is 35.6 Å². The minimum Gasteiger partial charge on any atom is -0.457 e. The molecule has 1 aliphatic carbocycles. The lowest BCUT2D eigenvalue weighted by atomic mass is 9.92. The van der Waals surface area contributed by atoms with Crippen LogP contribution in [0.1, 0.15) is 25.5 Å². The molecule has 174 valence electrons. The standard InChI is InChI=1S/C26H26F3NO3/c1-25(2)21(11-12-26(15-27,16-28)17-29)23(25)24(31)33-22(14-30)18-7-6-10-20(13-18)32-19-8-4-3-5-9-19/h3-13,21-23H,15-17H2,1-2H3/t21-,22?,23-/m1/s1. The molecule has 0 amide bonds. The summed E-state index contributed by atoms with van der Waals surface area (Å²) in [6.45, 7) is 0.112. The summed E-state index contributed by atoms with van der Waals surface area (Å²) in [5, 5.41) is 9.61. The molecule has 0 saturated heterocycles. The molecule has 0 N–H and O–H groups in total. The SMILES string of the molecule is CC1(C)[C@H](C=CC(CF)(CF)CF)[C@@H]1C(=O)OC(C#N)c1cccc(Oc2ccccc2)c1. The number of nitriles is 1. The molecule has 0 spiro atoms. The van der Waals surface area contributed by atoms with Gasteiger partial charge in [-0.2, -0.15) is 5.26 Å². The zero-order valence-electron chi connectivity index (χ0n) is 18.5. The normalized spacial score (nSPS) is 20.1. The van der Waals surface area contributed by atoms with E-state index in [4.69, 9.17) is 9.47 Å². The molecule has 4 nitrogen and oxygen atoms in total. The Hall–Kier alpha value is -3.27. The van der Waals surface area contributed by atoms with E-state index < -0.39 is 48.8 Å². The highest BCUT2D eigenvalue weighted by molar-refractivity contribution is 5.78. The van der Waals surface area contributed by atoms with Gasteiger partial charge >= 0.3 is 5.97 Å². The summed E-state index contributed by atoms with van der Waals surface area (Å²) in [5.41, 5.74) is -1.90. The van der Waals surface area contributed by atoms with Crippen molar-refractivity contribution in [3.63, 3.8) is 0 Å². The quantitative estimate of drug-likeness (QED) is 0.310. The average Bonchev–Trinajstić information content (AvgIpc) is 3.39. The number of hydrogen-bond acceptors (Lipinski definition) is 4. The highest BCUT2D eigenvalue weighted by atomic mass is 19.1. The molecule has 0 heterocycles. The van der Waals surface area contributed by atoms with Crippen molar-refractivity contribution in [2.24, 2.45) is 22.7 Å². The lowest BCUT2D eigenvalue weighted by molar-refractivity contribution is -0.149. The van der Waals surface area contributed by atoms with Gasteiger partial charge in [0.15, 0.2) is 0 Å². The minimum atomic E-state index is -1.82. The van der Waals surface area contributed by atoms with Crippen LogP contribution in [0.2, 0.25) is 0 Å². The van der Waals surface area contributed by atoms with Crippen molar-refractivity contribution < 1.29 is 27.4 Å². The third kappa shape index (κ3) is 5.39. The Balaban J connectivity index is 1.70. The summed E-state index contributed by atoms with van der Waals surface area (Å²) in [7, 11) is 0. The Bertz CT molecular complexity index is 1020. The molecule has 0 aliphatic heterocycles. The Morgan fingerprint density at radius 2 is 1.73 bits per heavy atom. The first-order valence-corrected chi connectivity index (χ1v) is 10.6. The van der Waals surface area contributed by atoms with Crippen LogP contribution in [0.25, 0.3) is 0 Å². The monoisotopic (exact) mass is 457 g/mol. The van der Waals surface area contributed by atoms with Crippen LogP contribution in [0.5, 0.6) is 11.5 Å². The van der Waals surface area contributed by atoms with Gasteiger partial charge in [0.25, 0.3) is 0 Å². The molecule has 0 aromatic heterocycles. The third-order valence-electron chi connectivity index (χ3n) is 6.11. The molecular formula is C26H26F3NO3. The Kier molecular flexibility index (Phi) is 7.47. The van der Waals surface area contributed by atoms with Gasteiger partial charge in [0.2, 0.25) is 6.10 Å². The highest BCUT2D eigenvalue weighted by Crippen LogP contribution is 2.60. The number of esters is 1. The van der Waals surface area contributed by atoms with E-state index in [-0.39, 0.29) is 5.92 Å². The Labute approximate surface area is 191 Å². The molecule has 3 atom stereocenters. The van der Waals surface area contributed by atoms with Crippen LogP contribution in [0, 0.1) is 34.0 Å². The van der Waals surface area contributed by atoms with Crippen molar-refractivity contribution >= 4 is 5.97 Å². The molecule has 2 aromatic rings. The summed E-state index contributed by atoms with van der Waals surface area (Å²) in [4.78, 5) is 12.8. The van der Waals surface area contributed by atoms with Gasteiger partial charge in [-0.3, -0.25) is 4.79 Å². The Morgan fingerprint density at radius 3 is 2.33 bits per heavy atom. The molecule has 0 radical (unpaired) electrons. The number of ether oxygens (including phenoxy) is 2. The molecular weight excluding hydrogens is 431 g/mol. The number of rotatable bonds is 10. The Morgan fingerprint density at radius 1 is 1.09 bits per heavy atom. The number of hydrogen-bond donors (Lipinski definition) is 0. The molecule has 1 saturated carbocycles. The van der Waals surface area contributed by atoms with Gasteiger partial charge in [-0.25, -0.2) is 13.2 Å². The van der Waals surface area contributed by atoms with Crippen molar-refractivity contribution in [2.45, 2.75) is 20.0 Å². The van der Waals surface area contributed by atoms with Gasteiger partial charge in [0, 0.05) is 5.56 Å². The van der Waals surface area contributed by atoms with Gasteiger partial charge in [0.1, 0.15) is 37.6 Å². The highest BCUT2D eigenvalue weighted by Gasteiger charge is 2.61. The van der Waals surface area contributed by atoms with E-state index in [9.17, 15) is 23.2 Å². The van der Waals surface area contributed by atoms with E-state index in [2.05, 4.69) is 0 Å². The van der Waals surface area contributed by atoms with Crippen molar-refractivity contribution in [1.29, 1.82) is 5.26 Å². The fourth-order valence-corrected chi connectivity index (χ4v) is 3.76. The van der Waals surface area contributed by atoms with E-state index >= 15 is 0 Å². The first-order chi connectivity index (χ1) is 15.8. The van der Waals surface area contributed by atoms with Gasteiger partial charge in [0.05, 0.1) is 11.3 Å². The topological polar surface area (TPSA) is 59.3 Å². The summed E-state index contributed by atoms with van der Waals surface area (Å²) in [6, 6.07) is 17.8. The molecule has 1 fully saturated rings. The maximum atomic E-state index is 13.1. The third-order valence-corrected chi connectivity index (χ3v) is 6.11. The number of alkyl halides is 3. The predicted octanol–water partition coefficient (Wildman–Crippen LogP) is 6.31. The molecule has 3 rings (SSSR count). The molecule has 1 aliphatic rings. The van der Waals surface area contributed by atoms with Crippen LogP contribution >= 0.6 is 0 Å². The van der Waals surface area contributed by atoms with Gasteiger partial charge < -0.3 is 9.47 Å². The maximum absolute atomic E-state index is 13.1. The van der Waals surface area contributed by atoms with E-state index in [1.165, 1.54) is 12.2 Å². The lowest BCUT2D eigenvalue weighted by Crippen LogP contribution is -2.26. The van der Waals surface area contributed by atoms with Gasteiger partial charge in [-0.1, -0.05) is 56.3 Å². The van der Waals surface area contributed by atoms with Crippen molar-refractivity contribution in [2.75, 3.05) is 20.0 Å². The van der Waals surface area contributed by atoms with E-state index in [1.54, 1.807) is 36.4 Å². The van der Waals surface area contributed by atoms with Crippen LogP contribution in [0.15, 0.2) is 66.7 Å². The van der Waals surface area contributed by atoms with Gasteiger partial charge in [-0.15, -0.1) is 0 Å².